The van der Waals surface area contributed by atoms with Crippen molar-refractivity contribution in [2.45, 2.75) is 57.6 Å². The molecule has 0 rings (SSSR count). The molecular weight excluding hydrogens is 253 g/mol. The number of rotatable bonds is 5. The molecule has 1 unspecified atom stereocenters. The van der Waals surface area contributed by atoms with E-state index in [0.29, 0.717) is 5.75 Å². The Hall–Kier alpha value is -0.390. The Balaban J connectivity index is 3.80. The van der Waals surface area contributed by atoms with Crippen molar-refractivity contribution in [2.24, 2.45) is 0 Å². The highest BCUT2D eigenvalue weighted by Gasteiger charge is 2.27. The Labute approximate surface area is 104 Å². The van der Waals surface area contributed by atoms with E-state index in [0.717, 1.165) is 0 Å². The Kier molecular flexibility index (Phi) is 6.37. The van der Waals surface area contributed by atoms with Gasteiger partial charge in [0, 0.05) is 6.42 Å². The molecule has 0 amide bonds. The minimum Gasteiger partial charge on any atom is -0.459 e. The highest BCUT2D eigenvalue weighted by atomic mass is 32.2. The van der Waals surface area contributed by atoms with Gasteiger partial charge in [0.05, 0.1) is 5.25 Å². The van der Waals surface area contributed by atoms with Gasteiger partial charge in [-0.05, 0) is 39.9 Å². The van der Waals surface area contributed by atoms with Crippen LogP contribution in [0.3, 0.4) is 0 Å². The fraction of sp³-hybridized carbons (Fsp3) is 0.909. The number of thioether (sulfide) groups is 1. The summed E-state index contributed by atoms with van der Waals surface area (Å²) in [5.41, 5.74) is -0.558. The maximum absolute atomic E-state index is 11.9. The highest BCUT2D eigenvalue weighted by molar-refractivity contribution is 8.00. The second-order valence-corrected chi connectivity index (χ2v) is 6.21. The van der Waals surface area contributed by atoms with E-state index in [9.17, 15) is 18.0 Å². The van der Waals surface area contributed by atoms with Crippen LogP contribution in [-0.4, -0.2) is 28.7 Å². The van der Waals surface area contributed by atoms with E-state index in [1.165, 1.54) is 11.8 Å². The normalized spacial score (nSPS) is 14.5. The Morgan fingerprint density at radius 3 is 2.24 bits per heavy atom. The number of alkyl halides is 3. The predicted octanol–water partition coefficient (Wildman–Crippen LogP) is 3.79. The lowest BCUT2D eigenvalue weighted by atomic mass is 10.2. The number of carbonyl (C=O) groups is 1. The molecule has 0 N–H and O–H groups in total. The first kappa shape index (κ1) is 16.6. The lowest BCUT2D eigenvalue weighted by Gasteiger charge is -2.22. The monoisotopic (exact) mass is 272 g/mol. The zero-order valence-electron chi connectivity index (χ0n) is 10.6. The van der Waals surface area contributed by atoms with Crippen molar-refractivity contribution < 1.29 is 22.7 Å². The standard InChI is InChI=1S/C11H19F3O2S/c1-8(9(15)16-10(2,3)4)17-7-5-6-11(12,13)14/h8H,5-7H2,1-4H3. The third-order valence-corrected chi connectivity index (χ3v) is 2.93. The van der Waals surface area contributed by atoms with Gasteiger partial charge in [-0.25, -0.2) is 0 Å². The summed E-state index contributed by atoms with van der Waals surface area (Å²) < 4.78 is 40.7. The third kappa shape index (κ3) is 10.5. The van der Waals surface area contributed by atoms with Crippen LogP contribution < -0.4 is 0 Å². The average Bonchev–Trinajstić information content (AvgIpc) is 2.07. The summed E-state index contributed by atoms with van der Waals surface area (Å²) >= 11 is 1.19. The van der Waals surface area contributed by atoms with Crippen molar-refractivity contribution in [2.75, 3.05) is 5.75 Å². The molecule has 0 bridgehead atoms. The average molecular weight is 272 g/mol. The first-order valence-electron chi connectivity index (χ1n) is 5.42. The van der Waals surface area contributed by atoms with E-state index < -0.39 is 23.4 Å². The summed E-state index contributed by atoms with van der Waals surface area (Å²) in [4.78, 5) is 11.5. The van der Waals surface area contributed by atoms with Gasteiger partial charge in [-0.2, -0.15) is 13.2 Å². The zero-order valence-corrected chi connectivity index (χ0v) is 11.4. The molecule has 0 aromatic rings. The molecule has 0 aromatic carbocycles. The van der Waals surface area contributed by atoms with Crippen molar-refractivity contribution in [3.63, 3.8) is 0 Å². The van der Waals surface area contributed by atoms with E-state index in [1.54, 1.807) is 27.7 Å². The molecule has 1 atom stereocenters. The van der Waals surface area contributed by atoms with Gasteiger partial charge in [0.2, 0.25) is 0 Å². The van der Waals surface area contributed by atoms with Gasteiger partial charge in [-0.1, -0.05) is 0 Å². The molecule has 0 aliphatic rings. The summed E-state index contributed by atoms with van der Waals surface area (Å²) in [6.45, 7) is 6.91. The van der Waals surface area contributed by atoms with Crippen molar-refractivity contribution >= 4 is 17.7 Å². The highest BCUT2D eigenvalue weighted by Crippen LogP contribution is 2.24. The van der Waals surface area contributed by atoms with Crippen LogP contribution in [0.1, 0.15) is 40.5 Å². The molecule has 17 heavy (non-hydrogen) atoms. The second kappa shape index (κ2) is 6.52. The number of hydrogen-bond acceptors (Lipinski definition) is 3. The molecule has 0 saturated heterocycles. The molecule has 0 aliphatic heterocycles. The fourth-order valence-corrected chi connectivity index (χ4v) is 1.83. The third-order valence-electron chi connectivity index (χ3n) is 1.71. The summed E-state index contributed by atoms with van der Waals surface area (Å²) in [6, 6.07) is 0. The van der Waals surface area contributed by atoms with Crippen LogP contribution in [0.2, 0.25) is 0 Å². The van der Waals surface area contributed by atoms with Gasteiger partial charge in [-0.15, -0.1) is 11.8 Å². The minimum atomic E-state index is -4.12. The van der Waals surface area contributed by atoms with E-state index >= 15 is 0 Å². The molecule has 0 fully saturated rings. The maximum Gasteiger partial charge on any atom is 0.389 e. The lowest BCUT2D eigenvalue weighted by molar-refractivity contribution is -0.153. The molecule has 102 valence electrons. The minimum absolute atomic E-state index is 0.0291. The zero-order chi connectivity index (χ0) is 13.7. The molecule has 0 radical (unpaired) electrons. The molecule has 0 aromatic heterocycles. The van der Waals surface area contributed by atoms with Crippen LogP contribution in [0.25, 0.3) is 0 Å². The number of hydrogen-bond donors (Lipinski definition) is 0. The summed E-state index contributed by atoms with van der Waals surface area (Å²) in [7, 11) is 0. The summed E-state index contributed by atoms with van der Waals surface area (Å²) in [5, 5.41) is -0.428. The van der Waals surface area contributed by atoms with Crippen molar-refractivity contribution in [1.29, 1.82) is 0 Å². The number of esters is 1. The maximum atomic E-state index is 11.9. The van der Waals surface area contributed by atoms with Gasteiger partial charge >= 0.3 is 12.1 Å². The van der Waals surface area contributed by atoms with Gasteiger partial charge in [0.1, 0.15) is 5.60 Å². The molecular formula is C11H19F3O2S. The molecule has 0 saturated carbocycles. The molecule has 6 heteroatoms. The first-order chi connectivity index (χ1) is 7.51. The lowest BCUT2D eigenvalue weighted by Crippen LogP contribution is -2.29. The molecule has 2 nitrogen and oxygen atoms in total. The summed E-state index contributed by atoms with van der Waals surface area (Å²) in [5.74, 6) is -0.0746. The van der Waals surface area contributed by atoms with E-state index in [1.807, 2.05) is 0 Å². The largest absolute Gasteiger partial charge is 0.459 e. The Morgan fingerprint density at radius 1 is 1.29 bits per heavy atom. The molecule has 0 heterocycles. The van der Waals surface area contributed by atoms with Gasteiger partial charge in [-0.3, -0.25) is 4.79 Å². The van der Waals surface area contributed by atoms with E-state index in [4.69, 9.17) is 4.74 Å². The quantitative estimate of drug-likeness (QED) is 0.562. The number of ether oxygens (including phenoxy) is 1. The Bertz CT molecular complexity index is 246. The summed E-state index contributed by atoms with van der Waals surface area (Å²) in [6.07, 6.45) is -4.89. The van der Waals surface area contributed by atoms with E-state index in [-0.39, 0.29) is 12.4 Å². The molecule has 0 aliphatic carbocycles. The van der Waals surface area contributed by atoms with Gasteiger partial charge in [0.15, 0.2) is 0 Å². The van der Waals surface area contributed by atoms with E-state index in [2.05, 4.69) is 0 Å². The Morgan fingerprint density at radius 2 is 1.82 bits per heavy atom. The van der Waals surface area contributed by atoms with Gasteiger partial charge < -0.3 is 4.74 Å². The number of halogens is 3. The SMILES string of the molecule is CC(SCCCC(F)(F)F)C(=O)OC(C)(C)C. The van der Waals surface area contributed by atoms with Crippen LogP contribution in [0.15, 0.2) is 0 Å². The number of carbonyl (C=O) groups excluding carboxylic acids is 1. The van der Waals surface area contributed by atoms with Crippen molar-refractivity contribution in [3.05, 3.63) is 0 Å². The smallest absolute Gasteiger partial charge is 0.389 e. The van der Waals surface area contributed by atoms with Gasteiger partial charge in [0.25, 0.3) is 0 Å². The molecule has 0 spiro atoms. The van der Waals surface area contributed by atoms with Crippen LogP contribution in [0.5, 0.6) is 0 Å². The fourth-order valence-electron chi connectivity index (χ4n) is 0.986. The topological polar surface area (TPSA) is 26.3 Å². The second-order valence-electron chi connectivity index (χ2n) is 4.77. The van der Waals surface area contributed by atoms with Crippen molar-refractivity contribution in [3.8, 4) is 0 Å². The van der Waals surface area contributed by atoms with Crippen molar-refractivity contribution in [1.82, 2.24) is 0 Å². The van der Waals surface area contributed by atoms with Crippen LogP contribution in [-0.2, 0) is 9.53 Å². The first-order valence-corrected chi connectivity index (χ1v) is 6.47. The van der Waals surface area contributed by atoms with Crippen LogP contribution >= 0.6 is 11.8 Å². The predicted molar refractivity (Wildman–Crippen MR) is 63.1 cm³/mol. The van der Waals surface area contributed by atoms with Crippen LogP contribution in [0, 0.1) is 0 Å². The van der Waals surface area contributed by atoms with Crippen LogP contribution in [0.4, 0.5) is 13.2 Å².